The van der Waals surface area contributed by atoms with Gasteiger partial charge in [0.15, 0.2) is 11.6 Å². The maximum Gasteiger partial charge on any atom is 0.573 e. The van der Waals surface area contributed by atoms with Gasteiger partial charge >= 0.3 is 6.36 Å². The van der Waals surface area contributed by atoms with E-state index in [-0.39, 0.29) is 23.8 Å². The molecule has 0 saturated carbocycles. The first kappa shape index (κ1) is 22.9. The molecule has 3 rings (SSSR count). The van der Waals surface area contributed by atoms with Gasteiger partial charge in [-0.3, -0.25) is 19.1 Å². The van der Waals surface area contributed by atoms with Gasteiger partial charge in [-0.1, -0.05) is 6.07 Å². The van der Waals surface area contributed by atoms with Gasteiger partial charge in [0.05, 0.1) is 18.3 Å². The van der Waals surface area contributed by atoms with Crippen molar-refractivity contribution in [3.05, 3.63) is 69.9 Å². The second-order valence-corrected chi connectivity index (χ2v) is 6.60. The van der Waals surface area contributed by atoms with Crippen LogP contribution in [0.2, 0.25) is 0 Å². The lowest BCUT2D eigenvalue weighted by molar-refractivity contribution is -0.275. The number of nitrogens with one attached hydrogen (secondary N) is 2. The highest BCUT2D eigenvalue weighted by atomic mass is 19.4. The van der Waals surface area contributed by atoms with Crippen molar-refractivity contribution in [3.8, 4) is 11.7 Å². The summed E-state index contributed by atoms with van der Waals surface area (Å²) in [5, 5.41) is 2.52. The zero-order valence-corrected chi connectivity index (χ0v) is 16.7. The Bertz CT molecular complexity index is 1180. The lowest BCUT2D eigenvalue weighted by Gasteiger charge is -2.19. The number of aryl methyl sites for hydroxylation is 1. The molecular weight excluding hydrogens is 438 g/mol. The molecule has 2 N–H and O–H groups in total. The number of hydrogen-bond acceptors (Lipinski definition) is 6. The monoisotopic (exact) mass is 455 g/mol. The van der Waals surface area contributed by atoms with Gasteiger partial charge in [-0.05, 0) is 24.6 Å². The fourth-order valence-corrected chi connectivity index (χ4v) is 2.78. The largest absolute Gasteiger partial charge is 0.573 e. The van der Waals surface area contributed by atoms with Crippen molar-refractivity contribution in [1.29, 1.82) is 0 Å². The first-order valence-corrected chi connectivity index (χ1v) is 9.03. The number of ether oxygens (including phenoxy) is 2. The minimum Gasteiger partial charge on any atom is -0.403 e. The number of aromatic nitrogens is 4. The van der Waals surface area contributed by atoms with Gasteiger partial charge in [-0.15, -0.1) is 13.2 Å². The van der Waals surface area contributed by atoms with E-state index >= 15 is 0 Å². The summed E-state index contributed by atoms with van der Waals surface area (Å²) in [6, 6.07) is 2.74. The summed E-state index contributed by atoms with van der Waals surface area (Å²) < 4.78 is 61.1. The summed E-state index contributed by atoms with van der Waals surface area (Å²) in [6.07, 6.45) is -2.07. The number of carbonyl (C=O) groups is 1. The molecule has 0 saturated heterocycles. The van der Waals surface area contributed by atoms with Crippen LogP contribution >= 0.6 is 0 Å². The van der Waals surface area contributed by atoms with E-state index in [4.69, 9.17) is 4.74 Å². The number of halogens is 4. The van der Waals surface area contributed by atoms with E-state index in [9.17, 15) is 27.2 Å². The van der Waals surface area contributed by atoms with Gasteiger partial charge in [0, 0.05) is 19.4 Å². The fourth-order valence-electron chi connectivity index (χ4n) is 2.78. The third kappa shape index (κ3) is 5.69. The van der Waals surface area contributed by atoms with E-state index in [1.807, 2.05) is 0 Å². The van der Waals surface area contributed by atoms with Gasteiger partial charge in [-0.25, -0.2) is 14.4 Å². The average Bonchev–Trinajstić information content (AvgIpc) is 3.14. The lowest BCUT2D eigenvalue weighted by atomic mass is 10.1. The topological polar surface area (TPSA) is 111 Å². The van der Waals surface area contributed by atoms with Crippen molar-refractivity contribution in [2.45, 2.75) is 19.3 Å². The smallest absolute Gasteiger partial charge is 0.403 e. The molecule has 0 radical (unpaired) electrons. The van der Waals surface area contributed by atoms with E-state index < -0.39 is 35.4 Å². The maximum atomic E-state index is 14.1. The van der Waals surface area contributed by atoms with Crippen LogP contribution in [0.15, 0.2) is 41.6 Å². The molecule has 0 unspecified atom stereocenters. The highest BCUT2D eigenvalue weighted by Crippen LogP contribution is 2.28. The molecule has 32 heavy (non-hydrogen) atoms. The predicted octanol–water partition coefficient (Wildman–Crippen LogP) is 2.42. The van der Waals surface area contributed by atoms with Gasteiger partial charge in [0.2, 0.25) is 5.95 Å². The summed E-state index contributed by atoms with van der Waals surface area (Å²) in [6.45, 7) is 1.59. The Hall–Kier alpha value is -3.74. The van der Waals surface area contributed by atoms with Crippen LogP contribution < -0.4 is 15.6 Å². The maximum absolute atomic E-state index is 14.1. The number of rotatable bonds is 7. The van der Waals surface area contributed by atoms with Crippen LogP contribution in [-0.4, -0.2) is 45.5 Å². The number of aromatic amines is 1. The molecule has 0 bridgehead atoms. The number of amides is 1. The number of carbonyl (C=O) groups excluding carboxylic acids is 1. The van der Waals surface area contributed by atoms with Crippen molar-refractivity contribution in [2.24, 2.45) is 0 Å². The molecule has 1 aromatic carbocycles. The van der Waals surface area contributed by atoms with Crippen molar-refractivity contribution in [1.82, 2.24) is 24.8 Å². The Balaban J connectivity index is 1.85. The summed E-state index contributed by atoms with van der Waals surface area (Å²) in [5.74, 6) is -3.03. The Morgan fingerprint density at radius 2 is 2.06 bits per heavy atom. The number of benzene rings is 1. The molecule has 1 atom stereocenters. The van der Waals surface area contributed by atoms with Gasteiger partial charge in [-0.2, -0.15) is 0 Å². The number of alkyl halides is 3. The van der Waals surface area contributed by atoms with E-state index in [1.54, 1.807) is 13.1 Å². The van der Waals surface area contributed by atoms with E-state index in [2.05, 4.69) is 25.0 Å². The van der Waals surface area contributed by atoms with Gasteiger partial charge in [0.25, 0.3) is 11.5 Å². The van der Waals surface area contributed by atoms with E-state index in [0.29, 0.717) is 5.69 Å². The third-order valence-corrected chi connectivity index (χ3v) is 4.14. The van der Waals surface area contributed by atoms with Crippen LogP contribution in [0.25, 0.3) is 5.95 Å². The molecule has 1 amide bonds. The molecular formula is C19H17F4N5O4. The number of methoxy groups -OCH3 is 1. The van der Waals surface area contributed by atoms with Crippen molar-refractivity contribution >= 4 is 5.91 Å². The third-order valence-electron chi connectivity index (χ3n) is 4.14. The first-order chi connectivity index (χ1) is 15.1. The SMILES string of the molecule is COC[C@@H](NC(=O)c1cc(=O)[nH]c(-n2cnc(C)c2)n1)c1ccc(OC(F)(F)F)c(F)c1. The number of nitrogens with zero attached hydrogens (tertiary/aromatic N) is 3. The lowest BCUT2D eigenvalue weighted by Crippen LogP contribution is -2.33. The Morgan fingerprint density at radius 1 is 1.31 bits per heavy atom. The van der Waals surface area contributed by atoms with Crippen molar-refractivity contribution in [2.75, 3.05) is 13.7 Å². The number of imidazole rings is 1. The molecule has 2 heterocycles. The Labute approximate surface area is 178 Å². The van der Waals surface area contributed by atoms with Gasteiger partial charge in [0.1, 0.15) is 12.0 Å². The summed E-state index contributed by atoms with van der Waals surface area (Å²) in [7, 11) is 1.32. The second kappa shape index (κ2) is 9.18. The predicted molar refractivity (Wildman–Crippen MR) is 102 cm³/mol. The Kier molecular flexibility index (Phi) is 6.58. The zero-order valence-electron chi connectivity index (χ0n) is 16.7. The van der Waals surface area contributed by atoms with Crippen molar-refractivity contribution < 1.29 is 31.8 Å². The molecule has 0 spiro atoms. The highest BCUT2D eigenvalue weighted by Gasteiger charge is 2.32. The number of hydrogen-bond donors (Lipinski definition) is 2. The summed E-state index contributed by atoms with van der Waals surface area (Å²) in [5.41, 5.74) is -0.0756. The second-order valence-electron chi connectivity index (χ2n) is 6.60. The molecule has 9 nitrogen and oxygen atoms in total. The highest BCUT2D eigenvalue weighted by molar-refractivity contribution is 5.92. The fraction of sp³-hybridized carbons (Fsp3) is 0.263. The molecule has 0 aliphatic rings. The minimum absolute atomic E-state index is 0.0474. The average molecular weight is 455 g/mol. The standard InChI is InChI=1S/C19H17F4N5O4/c1-10-7-28(9-24-10)18-26-13(6-16(29)27-18)17(30)25-14(8-31-2)11-3-4-15(12(20)5-11)32-19(21,22)23/h3-7,9,14H,8H2,1-2H3,(H,25,30)(H,26,27,29)/t14-/m1/s1. The van der Waals surface area contributed by atoms with E-state index in [0.717, 1.165) is 24.3 Å². The molecule has 170 valence electrons. The zero-order chi connectivity index (χ0) is 23.5. The van der Waals surface area contributed by atoms with Crippen LogP contribution in [0.1, 0.15) is 27.8 Å². The number of H-pyrrole nitrogens is 1. The molecule has 13 heteroatoms. The van der Waals surface area contributed by atoms with Crippen LogP contribution in [0.3, 0.4) is 0 Å². The molecule has 3 aromatic rings. The quantitative estimate of drug-likeness (QED) is 0.530. The molecule has 0 aliphatic carbocycles. The van der Waals surface area contributed by atoms with Crippen LogP contribution in [0.4, 0.5) is 17.6 Å². The summed E-state index contributed by atoms with van der Waals surface area (Å²) >= 11 is 0. The van der Waals surface area contributed by atoms with E-state index in [1.165, 1.54) is 18.0 Å². The molecule has 0 fully saturated rings. The molecule has 0 aliphatic heterocycles. The Morgan fingerprint density at radius 3 is 2.66 bits per heavy atom. The molecule has 2 aromatic heterocycles. The first-order valence-electron chi connectivity index (χ1n) is 9.03. The van der Waals surface area contributed by atoms with Crippen LogP contribution in [-0.2, 0) is 4.74 Å². The van der Waals surface area contributed by atoms with Crippen LogP contribution in [0.5, 0.6) is 5.75 Å². The van der Waals surface area contributed by atoms with Gasteiger partial charge < -0.3 is 14.8 Å². The summed E-state index contributed by atoms with van der Waals surface area (Å²) in [4.78, 5) is 35.3. The normalized spacial score (nSPS) is 12.4. The van der Waals surface area contributed by atoms with Crippen molar-refractivity contribution in [3.63, 3.8) is 0 Å². The van der Waals surface area contributed by atoms with Crippen LogP contribution in [0, 0.1) is 12.7 Å². The minimum atomic E-state index is -5.06.